The monoisotopic (exact) mass is 1840 g/mol. The SMILES string of the molecule is CCCCC[N+]1=C(C=CC2=C(Oc3ccccc3)C(=CC=C3N(CCCCCC(=O)CCOCCOCC(C)C)c4ccccc4C3(C)C)CCC2)C(C)(C)c2ccccc21.CCCC[N+]1=C(C=CC2=C(Oc3ccccc3)C(=CC=C3N(CCCCCC(C)C)c4ccc(C)cc4C3(C)C)CCC2)C(C)(C)c2ccccc21.O=S(=O)=O.O=S(=O)=O.O=S(=O)=O.O=S(=O)=O. The van der Waals surface area contributed by atoms with E-state index < -0.39 is 42.4 Å². The number of allylic oxidation sites excluding steroid dienone is 14. The van der Waals surface area contributed by atoms with Gasteiger partial charge in [-0.15, -0.1) is 50.5 Å². The maximum atomic E-state index is 12.6. The molecular formula is C104H136N4O17S4+2. The van der Waals surface area contributed by atoms with Gasteiger partial charge in [0.05, 0.1) is 30.7 Å². The third kappa shape index (κ3) is 31.8. The average molecular weight is 1840 g/mol. The Kier molecular flexibility index (Phi) is 43.2. The van der Waals surface area contributed by atoms with Crippen molar-refractivity contribution in [1.82, 2.24) is 0 Å². The number of anilines is 2. The van der Waals surface area contributed by atoms with Crippen LogP contribution in [0.4, 0.5) is 22.7 Å². The maximum absolute atomic E-state index is 12.6. The number of nitrogens with zero attached hydrogens (tertiary/aromatic N) is 4. The summed E-state index contributed by atoms with van der Waals surface area (Å²) >= 11 is 0. The summed E-state index contributed by atoms with van der Waals surface area (Å²) in [5, 5.41) is 0. The molecule has 4 heterocycles. The Hall–Kier alpha value is -10.1. The van der Waals surface area contributed by atoms with Gasteiger partial charge >= 0.3 is 42.4 Å². The number of Topliss-reactive ketones (excluding diaryl/α,β-unsaturated/α-hetero) is 1. The number of rotatable bonds is 37. The second-order valence-corrected chi connectivity index (χ2v) is 37.8. The smallest absolute Gasteiger partial charge is 0.425 e. The minimum Gasteiger partial charge on any atom is -0.457 e. The van der Waals surface area contributed by atoms with Crippen molar-refractivity contribution >= 4 is 82.4 Å². The summed E-state index contributed by atoms with van der Waals surface area (Å²) in [4.78, 5) is 17.8. The van der Waals surface area contributed by atoms with E-state index in [2.05, 4.69) is 317 Å². The van der Waals surface area contributed by atoms with E-state index in [0.29, 0.717) is 38.6 Å². The highest BCUT2D eigenvalue weighted by Crippen LogP contribution is 2.51. The van der Waals surface area contributed by atoms with Crippen LogP contribution in [-0.2, 0) is 78.4 Å². The van der Waals surface area contributed by atoms with Gasteiger partial charge in [0.1, 0.15) is 41.9 Å². The van der Waals surface area contributed by atoms with E-state index in [1.807, 2.05) is 6.07 Å². The van der Waals surface area contributed by atoms with E-state index in [4.69, 9.17) is 69.5 Å². The molecule has 0 radical (unpaired) electrons. The summed E-state index contributed by atoms with van der Waals surface area (Å²) in [6.45, 7) is 41.1. The fourth-order valence-electron chi connectivity index (χ4n) is 17.8. The lowest BCUT2D eigenvalue weighted by Gasteiger charge is -2.27. The van der Waals surface area contributed by atoms with Gasteiger partial charge < -0.3 is 28.7 Å². The Morgan fingerprint density at radius 2 is 0.829 bits per heavy atom. The molecule has 0 saturated heterocycles. The lowest BCUT2D eigenvalue weighted by molar-refractivity contribution is -0.438. The molecule has 25 heteroatoms. The fourth-order valence-corrected chi connectivity index (χ4v) is 17.8. The third-order valence-corrected chi connectivity index (χ3v) is 24.2. The molecule has 0 amide bonds. The molecule has 6 aliphatic rings. The highest BCUT2D eigenvalue weighted by atomic mass is 32.2. The van der Waals surface area contributed by atoms with Crippen molar-refractivity contribution in [3.05, 3.63) is 273 Å². The summed E-state index contributed by atoms with van der Waals surface area (Å²) in [6, 6.07) is 54.5. The Morgan fingerprint density at radius 3 is 1.29 bits per heavy atom. The van der Waals surface area contributed by atoms with Gasteiger partial charge in [0.2, 0.25) is 11.4 Å². The van der Waals surface area contributed by atoms with Crippen molar-refractivity contribution in [2.45, 2.75) is 254 Å². The van der Waals surface area contributed by atoms with Gasteiger partial charge in [0, 0.05) is 114 Å². The Labute approximate surface area is 773 Å². The van der Waals surface area contributed by atoms with E-state index in [0.717, 1.165) is 120 Å². The second kappa shape index (κ2) is 52.6. The highest BCUT2D eigenvalue weighted by Gasteiger charge is 2.47. The van der Waals surface area contributed by atoms with Crippen molar-refractivity contribution < 1.29 is 83.4 Å². The molecule has 0 bridgehead atoms. The van der Waals surface area contributed by atoms with Crippen LogP contribution in [0.1, 0.15) is 253 Å². The van der Waals surface area contributed by atoms with Gasteiger partial charge in [-0.25, -0.2) is 0 Å². The average Bonchev–Trinajstić information content (AvgIpc) is 1.62. The Bertz CT molecular complexity index is 5470. The molecule has 696 valence electrons. The molecule has 0 fully saturated rings. The molecule has 0 spiro atoms. The van der Waals surface area contributed by atoms with E-state index in [9.17, 15) is 4.79 Å². The van der Waals surface area contributed by atoms with Gasteiger partial charge in [0.15, 0.2) is 11.4 Å². The van der Waals surface area contributed by atoms with Crippen LogP contribution in [-0.4, -0.2) is 129 Å². The number of ketones is 1. The molecule has 0 unspecified atom stereocenters. The highest BCUT2D eigenvalue weighted by molar-refractivity contribution is 7.59. The second-order valence-electron chi connectivity index (χ2n) is 36.2. The normalized spacial score (nSPS) is 17.2. The van der Waals surface area contributed by atoms with Gasteiger partial charge in [-0.1, -0.05) is 229 Å². The van der Waals surface area contributed by atoms with E-state index in [-0.39, 0.29) is 27.4 Å². The first-order valence-corrected chi connectivity index (χ1v) is 49.6. The van der Waals surface area contributed by atoms with Crippen LogP contribution in [0.5, 0.6) is 11.5 Å². The number of carbonyl (C=O) groups excluding carboxylic acids is 1. The fraction of sp³-hybridized carbons (Fsp3) is 0.471. The molecule has 6 aromatic carbocycles. The van der Waals surface area contributed by atoms with Crippen molar-refractivity contribution in [2.24, 2.45) is 11.8 Å². The molecular weight excluding hydrogens is 1710 g/mol. The number of hydrogen-bond acceptors (Lipinski definition) is 19. The van der Waals surface area contributed by atoms with Crippen LogP contribution in [0.3, 0.4) is 0 Å². The number of aryl methyl sites for hydroxylation is 1. The topological polar surface area (TPSA) is 271 Å². The van der Waals surface area contributed by atoms with Crippen LogP contribution in [0.2, 0.25) is 0 Å². The van der Waals surface area contributed by atoms with Gasteiger partial charge in [-0.3, -0.25) is 4.79 Å². The summed E-state index contributed by atoms with van der Waals surface area (Å²) in [7, 11) is -12.4. The van der Waals surface area contributed by atoms with Crippen molar-refractivity contribution in [2.75, 3.05) is 62.4 Å². The Balaban J connectivity index is 0.000000305. The maximum Gasteiger partial charge on any atom is 0.425 e. The number of para-hydroxylation sites is 5. The molecule has 0 N–H and O–H groups in total. The summed E-state index contributed by atoms with van der Waals surface area (Å²) < 4.78 is 131. The van der Waals surface area contributed by atoms with Crippen LogP contribution < -0.4 is 19.3 Å². The number of ether oxygens (including phenoxy) is 4. The molecule has 0 atom stereocenters. The first-order valence-electron chi connectivity index (χ1n) is 45.6. The summed E-state index contributed by atoms with van der Waals surface area (Å²) in [5.74, 6) is 5.32. The molecule has 12 rings (SSSR count). The quantitative estimate of drug-likeness (QED) is 0.0259. The molecule has 0 saturated carbocycles. The molecule has 2 aliphatic carbocycles. The molecule has 129 heavy (non-hydrogen) atoms. The van der Waals surface area contributed by atoms with Gasteiger partial charge in [-0.05, 0) is 205 Å². The third-order valence-electron chi connectivity index (χ3n) is 24.2. The van der Waals surface area contributed by atoms with Crippen LogP contribution in [0, 0.1) is 18.8 Å². The van der Waals surface area contributed by atoms with Crippen molar-refractivity contribution in [3.63, 3.8) is 0 Å². The van der Waals surface area contributed by atoms with Gasteiger partial charge in [-0.2, -0.15) is 9.15 Å². The lowest BCUT2D eigenvalue weighted by atomic mass is 9.81. The zero-order valence-corrected chi connectivity index (χ0v) is 81.6. The van der Waals surface area contributed by atoms with Crippen molar-refractivity contribution in [1.29, 1.82) is 0 Å². The molecule has 4 aliphatic heterocycles. The summed E-state index contributed by atoms with van der Waals surface area (Å²) in [6.07, 6.45) is 40.2. The number of fused-ring (bicyclic) bond motifs is 4. The predicted molar refractivity (Wildman–Crippen MR) is 514 cm³/mol. The van der Waals surface area contributed by atoms with E-state index >= 15 is 0 Å². The largest absolute Gasteiger partial charge is 0.457 e. The van der Waals surface area contributed by atoms with Crippen LogP contribution in [0.25, 0.3) is 0 Å². The van der Waals surface area contributed by atoms with Crippen LogP contribution in [0.15, 0.2) is 245 Å². The molecule has 21 nitrogen and oxygen atoms in total. The van der Waals surface area contributed by atoms with Gasteiger partial charge in [0.25, 0.3) is 0 Å². The number of unbranched alkanes of at least 4 members (excludes halogenated alkanes) is 7. The minimum absolute atomic E-state index is 0.0702. The van der Waals surface area contributed by atoms with Crippen molar-refractivity contribution in [3.8, 4) is 11.5 Å². The molecule has 6 aromatic rings. The number of carbonyl (C=O) groups is 1. The first-order chi connectivity index (χ1) is 61.5. The lowest BCUT2D eigenvalue weighted by Crippen LogP contribution is -2.28. The van der Waals surface area contributed by atoms with Crippen LogP contribution >= 0.6 is 0 Å². The number of hydrogen-bond donors (Lipinski definition) is 0. The minimum atomic E-state index is -3.11. The van der Waals surface area contributed by atoms with E-state index in [1.165, 1.54) is 153 Å². The summed E-state index contributed by atoms with van der Waals surface area (Å²) in [5.41, 5.74) is 22.3. The standard InChI is InChI=1S/C55H73N2O4.C49H63N2O.4O3S/c1-8-9-19-36-56-49-29-17-15-27-47(49)54(4,5)51(56)33-31-43-22-21-23-44(53(43)61-46-25-13-10-14-26-46)32-34-52-55(6,7)48-28-16-18-30-50(48)57(52)37-20-11-12-24-45(58)35-38-59-39-40-60-41-42(2)3;1-9-10-33-50-43-26-17-16-25-41(43)48(5,6)45(50)31-28-38-21-19-22-39(47(38)52-40-23-14-11-15-24-40)29-32-46-49(7,8)42-35-37(4)27-30-44(42)51(46)34-18-12-13-20-36(2)3;4*1-4(2)3/h10,13-18,25-34,42H,8-9,11-12,19-24,35-41H2,1-7H3;11,14-17,23-32,35-36H,9-10,12-13,18-22,33-34H2,1-8H3;;;;/q2*+1;;;;. The first kappa shape index (κ1) is 106. The van der Waals surface area contributed by atoms with E-state index in [1.54, 1.807) is 0 Å². The number of benzene rings is 6. The zero-order valence-electron chi connectivity index (χ0n) is 78.4. The Morgan fingerprint density at radius 1 is 0.411 bits per heavy atom. The molecule has 0 aromatic heterocycles. The zero-order chi connectivity index (χ0) is 94.4. The predicted octanol–water partition coefficient (Wildman–Crippen LogP) is 22.2.